The van der Waals surface area contributed by atoms with Crippen LogP contribution in [0.5, 0.6) is 11.5 Å². The highest BCUT2D eigenvalue weighted by Crippen LogP contribution is 2.35. The number of hydrogen-bond donors (Lipinski definition) is 1. The van der Waals surface area contributed by atoms with Crippen molar-refractivity contribution in [1.29, 1.82) is 5.26 Å². The van der Waals surface area contributed by atoms with Crippen LogP contribution in [0.2, 0.25) is 0 Å². The molecule has 0 spiro atoms. The van der Waals surface area contributed by atoms with Crippen molar-refractivity contribution in [1.82, 2.24) is 0 Å². The molecule has 0 bridgehead atoms. The molecule has 0 saturated carbocycles. The zero-order chi connectivity index (χ0) is 22.4. The van der Waals surface area contributed by atoms with Crippen LogP contribution in [0, 0.1) is 11.3 Å². The molecule has 2 atom stereocenters. The van der Waals surface area contributed by atoms with Crippen molar-refractivity contribution < 1.29 is 23.8 Å². The standard InChI is InChI=1S/C24H24N2O5/c1-4-29-21-13-19-11-15(2)30-22(19)12-18(21)7-10-23(27)31-16(3)24(28)26-20-8-5-17(14-25)6-9-20/h5-10,12-13,15-16H,4,11H2,1-3H3,(H,26,28)/b10-7+/t15-,16-/m0/s1. The second-order valence-electron chi connectivity index (χ2n) is 7.15. The van der Waals surface area contributed by atoms with Crippen LogP contribution in [0.1, 0.15) is 37.5 Å². The number of esters is 1. The van der Waals surface area contributed by atoms with Crippen molar-refractivity contribution in [2.45, 2.75) is 39.4 Å². The molecule has 160 valence electrons. The second kappa shape index (κ2) is 9.81. The van der Waals surface area contributed by atoms with E-state index in [1.807, 2.05) is 32.0 Å². The Kier molecular flexibility index (Phi) is 6.93. The maximum absolute atomic E-state index is 12.3. The van der Waals surface area contributed by atoms with Gasteiger partial charge in [0.2, 0.25) is 0 Å². The lowest BCUT2D eigenvalue weighted by Crippen LogP contribution is -2.29. The number of anilines is 1. The first-order chi connectivity index (χ1) is 14.9. The highest BCUT2D eigenvalue weighted by molar-refractivity contribution is 5.96. The number of carbonyl (C=O) groups is 2. The molecule has 7 heteroatoms. The first-order valence-electron chi connectivity index (χ1n) is 10.1. The van der Waals surface area contributed by atoms with E-state index in [1.165, 1.54) is 13.0 Å². The second-order valence-corrected chi connectivity index (χ2v) is 7.15. The Morgan fingerprint density at radius 2 is 2.06 bits per heavy atom. The van der Waals surface area contributed by atoms with Gasteiger partial charge in [0, 0.05) is 29.3 Å². The van der Waals surface area contributed by atoms with Crippen LogP contribution >= 0.6 is 0 Å². The smallest absolute Gasteiger partial charge is 0.331 e. The van der Waals surface area contributed by atoms with Gasteiger partial charge >= 0.3 is 5.97 Å². The van der Waals surface area contributed by atoms with Crippen LogP contribution in [0.4, 0.5) is 5.69 Å². The summed E-state index contributed by atoms with van der Waals surface area (Å²) in [6, 6.07) is 12.2. The molecule has 1 N–H and O–H groups in total. The van der Waals surface area contributed by atoms with Crippen LogP contribution in [0.3, 0.4) is 0 Å². The minimum Gasteiger partial charge on any atom is -0.493 e. The van der Waals surface area contributed by atoms with Gasteiger partial charge in [0.15, 0.2) is 6.10 Å². The van der Waals surface area contributed by atoms with E-state index in [0.717, 1.165) is 17.7 Å². The average molecular weight is 420 g/mol. The predicted octanol–water partition coefficient (Wildman–Crippen LogP) is 3.86. The third kappa shape index (κ3) is 5.64. The molecule has 0 unspecified atom stereocenters. The summed E-state index contributed by atoms with van der Waals surface area (Å²) in [6.07, 6.45) is 2.76. The molecule has 1 heterocycles. The van der Waals surface area contributed by atoms with Crippen molar-refractivity contribution in [2.24, 2.45) is 0 Å². The van der Waals surface area contributed by atoms with E-state index in [2.05, 4.69) is 5.32 Å². The van der Waals surface area contributed by atoms with Crippen LogP contribution in [-0.2, 0) is 20.7 Å². The van der Waals surface area contributed by atoms with Gasteiger partial charge in [-0.25, -0.2) is 4.79 Å². The minimum absolute atomic E-state index is 0.101. The summed E-state index contributed by atoms with van der Waals surface area (Å²) in [4.78, 5) is 24.5. The molecule has 31 heavy (non-hydrogen) atoms. The molecule has 1 amide bonds. The summed E-state index contributed by atoms with van der Waals surface area (Å²) in [7, 11) is 0. The summed E-state index contributed by atoms with van der Waals surface area (Å²) in [6.45, 7) is 5.87. The highest BCUT2D eigenvalue weighted by atomic mass is 16.5. The Bertz CT molecular complexity index is 1040. The minimum atomic E-state index is -0.997. The van der Waals surface area contributed by atoms with Crippen molar-refractivity contribution in [2.75, 3.05) is 11.9 Å². The summed E-state index contributed by atoms with van der Waals surface area (Å²) >= 11 is 0. The monoisotopic (exact) mass is 420 g/mol. The molecular weight excluding hydrogens is 396 g/mol. The topological polar surface area (TPSA) is 97.6 Å². The van der Waals surface area contributed by atoms with Crippen LogP contribution in [0.15, 0.2) is 42.5 Å². The SMILES string of the molecule is CCOc1cc2c(cc1/C=C/C(=O)O[C@@H](C)C(=O)Nc1ccc(C#N)cc1)O[C@@H](C)C2. The molecule has 2 aromatic rings. The largest absolute Gasteiger partial charge is 0.493 e. The van der Waals surface area contributed by atoms with Gasteiger partial charge in [0.1, 0.15) is 17.6 Å². The molecule has 1 aliphatic rings. The summed E-state index contributed by atoms with van der Waals surface area (Å²) < 4.78 is 16.7. The van der Waals surface area contributed by atoms with Gasteiger partial charge in [-0.05, 0) is 63.2 Å². The van der Waals surface area contributed by atoms with Gasteiger partial charge in [-0.3, -0.25) is 4.79 Å². The van der Waals surface area contributed by atoms with Crippen molar-refractivity contribution >= 4 is 23.6 Å². The lowest BCUT2D eigenvalue weighted by Gasteiger charge is -2.13. The fraction of sp³-hybridized carbons (Fsp3) is 0.292. The molecule has 1 aliphatic heterocycles. The Balaban J connectivity index is 1.62. The number of amides is 1. The Morgan fingerprint density at radius 3 is 2.74 bits per heavy atom. The summed E-state index contributed by atoms with van der Waals surface area (Å²) in [5.74, 6) is 0.315. The quantitative estimate of drug-likeness (QED) is 0.540. The number of rotatable bonds is 7. The number of hydrogen-bond acceptors (Lipinski definition) is 6. The number of nitrogens with one attached hydrogen (secondary N) is 1. The van der Waals surface area contributed by atoms with Gasteiger partial charge in [0.05, 0.1) is 18.2 Å². The van der Waals surface area contributed by atoms with E-state index < -0.39 is 18.0 Å². The van der Waals surface area contributed by atoms with Crippen molar-refractivity contribution in [3.05, 3.63) is 59.2 Å². The number of carbonyl (C=O) groups excluding carboxylic acids is 2. The van der Waals surface area contributed by atoms with Gasteiger partial charge in [-0.15, -0.1) is 0 Å². The molecule has 3 rings (SSSR count). The van der Waals surface area contributed by atoms with E-state index in [4.69, 9.17) is 19.5 Å². The van der Waals surface area contributed by atoms with Gasteiger partial charge in [0.25, 0.3) is 5.91 Å². The Morgan fingerprint density at radius 1 is 1.32 bits per heavy atom. The molecular formula is C24H24N2O5. The first-order valence-corrected chi connectivity index (χ1v) is 10.1. The van der Waals surface area contributed by atoms with Gasteiger partial charge < -0.3 is 19.5 Å². The van der Waals surface area contributed by atoms with Gasteiger partial charge in [-0.1, -0.05) is 0 Å². The zero-order valence-electron chi connectivity index (χ0n) is 17.7. The fourth-order valence-electron chi connectivity index (χ4n) is 3.16. The third-order valence-electron chi connectivity index (χ3n) is 4.67. The van der Waals surface area contributed by atoms with Crippen molar-refractivity contribution in [3.63, 3.8) is 0 Å². The number of ether oxygens (including phenoxy) is 3. The number of nitrogens with zero attached hydrogens (tertiary/aromatic N) is 1. The maximum atomic E-state index is 12.3. The summed E-state index contributed by atoms with van der Waals surface area (Å²) in [5.41, 5.74) is 2.77. The molecule has 0 aliphatic carbocycles. The summed E-state index contributed by atoms with van der Waals surface area (Å²) in [5, 5.41) is 11.5. The molecule has 0 saturated heterocycles. The van der Waals surface area contributed by atoms with E-state index in [0.29, 0.717) is 29.2 Å². The van der Waals surface area contributed by atoms with E-state index >= 15 is 0 Å². The molecule has 7 nitrogen and oxygen atoms in total. The average Bonchev–Trinajstić information content (AvgIpc) is 3.11. The van der Waals surface area contributed by atoms with Crippen LogP contribution in [0.25, 0.3) is 6.08 Å². The Labute approximate surface area is 181 Å². The van der Waals surface area contributed by atoms with Crippen molar-refractivity contribution in [3.8, 4) is 17.6 Å². The van der Waals surface area contributed by atoms with Gasteiger partial charge in [-0.2, -0.15) is 5.26 Å². The number of nitriles is 1. The molecule has 0 radical (unpaired) electrons. The maximum Gasteiger partial charge on any atom is 0.331 e. The molecule has 2 aromatic carbocycles. The van der Waals surface area contributed by atoms with E-state index in [1.54, 1.807) is 30.3 Å². The first kappa shape index (κ1) is 21.9. The normalized spacial score (nSPS) is 15.5. The number of benzene rings is 2. The van der Waals surface area contributed by atoms with E-state index in [-0.39, 0.29) is 6.10 Å². The molecule has 0 aromatic heterocycles. The highest BCUT2D eigenvalue weighted by Gasteiger charge is 2.21. The zero-order valence-corrected chi connectivity index (χ0v) is 17.7. The third-order valence-corrected chi connectivity index (χ3v) is 4.67. The van der Waals surface area contributed by atoms with Crippen LogP contribution in [-0.4, -0.2) is 30.7 Å². The lowest BCUT2D eigenvalue weighted by atomic mass is 10.1. The Hall–Kier alpha value is -3.79. The van der Waals surface area contributed by atoms with E-state index in [9.17, 15) is 9.59 Å². The number of fused-ring (bicyclic) bond motifs is 1. The molecule has 0 fully saturated rings. The fourth-order valence-corrected chi connectivity index (χ4v) is 3.16. The van der Waals surface area contributed by atoms with Crippen LogP contribution < -0.4 is 14.8 Å². The lowest BCUT2D eigenvalue weighted by molar-refractivity contribution is -0.148. The predicted molar refractivity (Wildman–Crippen MR) is 116 cm³/mol.